The molecule has 0 aromatic carbocycles. The number of carboxylic acid groups (broad SMARTS) is 1. The Morgan fingerprint density at radius 2 is 2.11 bits per heavy atom. The molecule has 1 N–H and O–H groups in total. The molecule has 0 bridgehead atoms. The molecule has 0 saturated heterocycles. The number of rotatable bonds is 7. The number of ether oxygens (including phenoxy) is 1. The van der Waals surface area contributed by atoms with Crippen molar-refractivity contribution < 1.29 is 23.1 Å². The largest absolute Gasteiger partial charge is 0.481 e. The highest BCUT2D eigenvalue weighted by molar-refractivity contribution is 7.89. The molecule has 106 valence electrons. The molecule has 0 spiro atoms. The maximum atomic E-state index is 12.3. The molecule has 6 nitrogen and oxygen atoms in total. The molecule has 18 heavy (non-hydrogen) atoms. The summed E-state index contributed by atoms with van der Waals surface area (Å²) < 4.78 is 30.7. The predicted octanol–water partition coefficient (Wildman–Crippen LogP) is 0.538. The standard InChI is InChI=1S/C11H21NO5S/c1-12(7-4-8-17-2)18(15,16)10-6-3-5-9(10)11(13)14/h9-10H,3-8H2,1-2H3,(H,13,14). The van der Waals surface area contributed by atoms with Crippen molar-refractivity contribution in [2.45, 2.75) is 30.9 Å². The molecule has 1 aliphatic rings. The first-order chi connectivity index (χ1) is 8.41. The first-order valence-electron chi connectivity index (χ1n) is 6.08. The summed E-state index contributed by atoms with van der Waals surface area (Å²) in [5.74, 6) is -1.77. The number of nitrogens with zero attached hydrogens (tertiary/aromatic N) is 1. The van der Waals surface area contributed by atoms with Crippen molar-refractivity contribution in [3.8, 4) is 0 Å². The number of carbonyl (C=O) groups is 1. The summed E-state index contributed by atoms with van der Waals surface area (Å²) in [6.07, 6.45) is 2.16. The summed E-state index contributed by atoms with van der Waals surface area (Å²) in [4.78, 5) is 11.0. The van der Waals surface area contributed by atoms with Crippen LogP contribution >= 0.6 is 0 Å². The first kappa shape index (κ1) is 15.4. The van der Waals surface area contributed by atoms with Crippen LogP contribution < -0.4 is 0 Å². The normalized spacial score (nSPS) is 24.6. The van der Waals surface area contributed by atoms with Gasteiger partial charge in [-0.05, 0) is 19.3 Å². The smallest absolute Gasteiger partial charge is 0.307 e. The van der Waals surface area contributed by atoms with Gasteiger partial charge in [0.05, 0.1) is 11.2 Å². The van der Waals surface area contributed by atoms with Crippen LogP contribution in [0.25, 0.3) is 0 Å². The summed E-state index contributed by atoms with van der Waals surface area (Å²) in [7, 11) is -0.453. The van der Waals surface area contributed by atoms with Gasteiger partial charge >= 0.3 is 5.97 Å². The van der Waals surface area contributed by atoms with Gasteiger partial charge in [-0.3, -0.25) is 4.79 Å². The van der Waals surface area contributed by atoms with Gasteiger partial charge in [0.15, 0.2) is 0 Å². The second-order valence-electron chi connectivity index (χ2n) is 4.63. The Morgan fingerprint density at radius 3 is 2.67 bits per heavy atom. The van der Waals surface area contributed by atoms with Gasteiger partial charge in [-0.15, -0.1) is 0 Å². The Bertz CT molecular complexity index is 381. The van der Waals surface area contributed by atoms with Gasteiger partial charge in [0, 0.05) is 27.3 Å². The van der Waals surface area contributed by atoms with E-state index in [-0.39, 0.29) is 0 Å². The van der Waals surface area contributed by atoms with Crippen LogP contribution in [0, 0.1) is 5.92 Å². The molecule has 0 aromatic heterocycles. The summed E-state index contributed by atoms with van der Waals surface area (Å²) >= 11 is 0. The van der Waals surface area contributed by atoms with Crippen LogP contribution in [0.15, 0.2) is 0 Å². The average Bonchev–Trinajstić information content (AvgIpc) is 2.78. The number of hydrogen-bond acceptors (Lipinski definition) is 4. The summed E-state index contributed by atoms with van der Waals surface area (Å²) in [6.45, 7) is 0.853. The zero-order valence-electron chi connectivity index (χ0n) is 10.8. The van der Waals surface area contributed by atoms with Crippen molar-refractivity contribution in [3.05, 3.63) is 0 Å². The van der Waals surface area contributed by atoms with Crippen molar-refractivity contribution in [2.75, 3.05) is 27.3 Å². The maximum absolute atomic E-state index is 12.3. The second kappa shape index (κ2) is 6.49. The van der Waals surface area contributed by atoms with Crippen molar-refractivity contribution >= 4 is 16.0 Å². The Balaban J connectivity index is 2.70. The van der Waals surface area contributed by atoms with Gasteiger partial charge in [-0.25, -0.2) is 12.7 Å². The van der Waals surface area contributed by atoms with E-state index in [2.05, 4.69) is 0 Å². The molecule has 7 heteroatoms. The molecule has 0 aliphatic heterocycles. The lowest BCUT2D eigenvalue weighted by molar-refractivity contribution is -0.141. The first-order valence-corrected chi connectivity index (χ1v) is 7.58. The van der Waals surface area contributed by atoms with E-state index in [1.54, 1.807) is 7.11 Å². The monoisotopic (exact) mass is 279 g/mol. The molecule has 1 saturated carbocycles. The number of carboxylic acids is 1. The third-order valence-electron chi connectivity index (χ3n) is 3.41. The fraction of sp³-hybridized carbons (Fsp3) is 0.909. The molecule has 0 heterocycles. The number of hydrogen-bond donors (Lipinski definition) is 1. The Hall–Kier alpha value is -0.660. The average molecular weight is 279 g/mol. The minimum absolute atomic E-state index is 0.360. The molecule has 1 aliphatic carbocycles. The van der Waals surface area contributed by atoms with Crippen molar-refractivity contribution in [1.29, 1.82) is 0 Å². The van der Waals surface area contributed by atoms with Crippen LogP contribution in [-0.4, -0.2) is 56.4 Å². The molecular formula is C11H21NO5S. The van der Waals surface area contributed by atoms with Crippen molar-refractivity contribution in [1.82, 2.24) is 4.31 Å². The van der Waals surface area contributed by atoms with Crippen LogP contribution in [0.2, 0.25) is 0 Å². The maximum Gasteiger partial charge on any atom is 0.307 e. The fourth-order valence-corrected chi connectivity index (χ4v) is 4.33. The highest BCUT2D eigenvalue weighted by Gasteiger charge is 2.43. The molecule has 2 unspecified atom stereocenters. The fourth-order valence-electron chi connectivity index (χ4n) is 2.35. The minimum Gasteiger partial charge on any atom is -0.481 e. The lowest BCUT2D eigenvalue weighted by Crippen LogP contribution is -2.40. The number of methoxy groups -OCH3 is 1. The quantitative estimate of drug-likeness (QED) is 0.688. The van der Waals surface area contributed by atoms with Gasteiger partial charge in [0.1, 0.15) is 0 Å². The SMILES string of the molecule is COCCCN(C)S(=O)(=O)C1CCCC1C(=O)O. The van der Waals surface area contributed by atoms with Gasteiger partial charge in [-0.1, -0.05) is 6.42 Å². The van der Waals surface area contributed by atoms with Crippen LogP contribution in [0.3, 0.4) is 0 Å². The number of aliphatic carboxylic acids is 1. The molecule has 0 radical (unpaired) electrons. The van der Waals surface area contributed by atoms with E-state index in [9.17, 15) is 13.2 Å². The zero-order chi connectivity index (χ0) is 13.8. The minimum atomic E-state index is -3.52. The van der Waals surface area contributed by atoms with Gasteiger partial charge in [0.2, 0.25) is 10.0 Å². The van der Waals surface area contributed by atoms with E-state index < -0.39 is 27.2 Å². The van der Waals surface area contributed by atoms with E-state index in [1.807, 2.05) is 0 Å². The van der Waals surface area contributed by atoms with Crippen molar-refractivity contribution in [3.63, 3.8) is 0 Å². The van der Waals surface area contributed by atoms with Gasteiger partial charge < -0.3 is 9.84 Å². The van der Waals surface area contributed by atoms with Crippen LogP contribution in [0.5, 0.6) is 0 Å². The summed E-state index contributed by atoms with van der Waals surface area (Å²) in [6, 6.07) is 0. The molecule has 2 atom stereocenters. The Labute approximate surface area is 108 Å². The lowest BCUT2D eigenvalue weighted by Gasteiger charge is -2.24. The molecule has 0 amide bonds. The Morgan fingerprint density at radius 1 is 1.44 bits per heavy atom. The van der Waals surface area contributed by atoms with E-state index in [4.69, 9.17) is 9.84 Å². The molecule has 0 aromatic rings. The summed E-state index contributed by atoms with van der Waals surface area (Å²) in [5, 5.41) is 8.26. The molecule has 1 fully saturated rings. The highest BCUT2D eigenvalue weighted by Crippen LogP contribution is 2.32. The molecule has 1 rings (SSSR count). The van der Waals surface area contributed by atoms with E-state index >= 15 is 0 Å². The topological polar surface area (TPSA) is 83.9 Å². The third-order valence-corrected chi connectivity index (χ3v) is 5.79. The lowest BCUT2D eigenvalue weighted by atomic mass is 10.1. The Kier molecular flexibility index (Phi) is 5.55. The van der Waals surface area contributed by atoms with E-state index in [0.29, 0.717) is 38.8 Å². The summed E-state index contributed by atoms with van der Waals surface area (Å²) in [5.41, 5.74) is 0. The van der Waals surface area contributed by atoms with Crippen molar-refractivity contribution in [2.24, 2.45) is 5.92 Å². The van der Waals surface area contributed by atoms with Crippen LogP contribution in [0.4, 0.5) is 0 Å². The predicted molar refractivity (Wildman–Crippen MR) is 66.8 cm³/mol. The van der Waals surface area contributed by atoms with Crippen LogP contribution in [0.1, 0.15) is 25.7 Å². The molecular weight excluding hydrogens is 258 g/mol. The van der Waals surface area contributed by atoms with E-state index in [1.165, 1.54) is 11.4 Å². The van der Waals surface area contributed by atoms with Gasteiger partial charge in [-0.2, -0.15) is 0 Å². The number of sulfonamides is 1. The highest BCUT2D eigenvalue weighted by atomic mass is 32.2. The van der Waals surface area contributed by atoms with E-state index in [0.717, 1.165) is 0 Å². The zero-order valence-corrected chi connectivity index (χ0v) is 11.6. The van der Waals surface area contributed by atoms with Crippen LogP contribution in [-0.2, 0) is 19.6 Å². The van der Waals surface area contributed by atoms with Gasteiger partial charge in [0.25, 0.3) is 0 Å². The third kappa shape index (κ3) is 3.43. The second-order valence-corrected chi connectivity index (χ2v) is 6.89.